The number of hydrogen-bond donors (Lipinski definition) is 1. The van der Waals surface area contributed by atoms with Crippen molar-refractivity contribution in [1.82, 2.24) is 34.1 Å². The summed E-state index contributed by atoms with van der Waals surface area (Å²) in [4.78, 5) is 39.5. The molecule has 0 aliphatic carbocycles. The zero-order valence-corrected chi connectivity index (χ0v) is 47.4. The molecule has 1 aliphatic rings. The van der Waals surface area contributed by atoms with Crippen molar-refractivity contribution < 1.29 is 9.31 Å². The third-order valence-electron chi connectivity index (χ3n) is 17.6. The lowest BCUT2D eigenvalue weighted by Crippen LogP contribution is -2.46. The number of para-hydroxylation sites is 3. The Balaban J connectivity index is 0.724. The first-order valence-corrected chi connectivity index (χ1v) is 29.1. The van der Waals surface area contributed by atoms with Gasteiger partial charge in [0.15, 0.2) is 5.43 Å². The van der Waals surface area contributed by atoms with Crippen LogP contribution in [0.25, 0.3) is 133 Å². The van der Waals surface area contributed by atoms with Crippen molar-refractivity contribution >= 4 is 78.0 Å². The maximum atomic E-state index is 14.9. The molecular weight excluding hydrogens is 1060 g/mol. The summed E-state index contributed by atoms with van der Waals surface area (Å²) in [7, 11) is -0.667. The van der Waals surface area contributed by atoms with Crippen molar-refractivity contribution in [2.75, 3.05) is 0 Å². The Hall–Kier alpha value is -10.6. The molecule has 16 rings (SSSR count). The molecule has 0 radical (unpaired) electrons. The molecule has 1 aliphatic heterocycles. The van der Waals surface area contributed by atoms with Gasteiger partial charge in [0.2, 0.25) is 11.9 Å². The number of hydrogen-bond acceptors (Lipinski definition) is 7. The molecule has 410 valence electrons. The van der Waals surface area contributed by atoms with Gasteiger partial charge in [0.25, 0.3) is 0 Å². The van der Waals surface area contributed by atoms with Crippen molar-refractivity contribution in [1.29, 1.82) is 0 Å². The second-order valence-electron chi connectivity index (χ2n) is 23.1. The molecule has 0 spiro atoms. The average Bonchev–Trinajstić information content (AvgIpc) is 1.72. The molecule has 1 fully saturated rings. The van der Waals surface area contributed by atoms with Gasteiger partial charge in [-0.1, -0.05) is 194 Å². The van der Waals surface area contributed by atoms with Gasteiger partial charge in [-0.25, -0.2) is 19.9 Å². The van der Waals surface area contributed by atoms with Gasteiger partial charge in [-0.15, -0.1) is 0 Å². The number of aromatic amines is 1. The van der Waals surface area contributed by atoms with Gasteiger partial charge in [0.05, 0.1) is 61.6 Å². The fourth-order valence-electron chi connectivity index (χ4n) is 12.7. The minimum Gasteiger partial charge on any atom is -0.399 e. The van der Waals surface area contributed by atoms with Gasteiger partial charge in [0, 0.05) is 66.5 Å². The van der Waals surface area contributed by atoms with Crippen LogP contribution in [0.2, 0.25) is 0 Å². The molecule has 11 heteroatoms. The van der Waals surface area contributed by atoms with E-state index < -0.39 is 18.3 Å². The van der Waals surface area contributed by atoms with Crippen LogP contribution >= 0.6 is 0 Å². The van der Waals surface area contributed by atoms with Crippen LogP contribution in [0, 0.1) is 0 Å². The minimum atomic E-state index is -0.799. The van der Waals surface area contributed by atoms with Crippen LogP contribution in [-0.2, 0) is 15.7 Å². The monoisotopic (exact) mass is 1110 g/mol. The Morgan fingerprint density at radius 3 is 1.35 bits per heavy atom. The van der Waals surface area contributed by atoms with E-state index in [0.29, 0.717) is 29.1 Å². The number of rotatable bonds is 10. The van der Waals surface area contributed by atoms with Crippen molar-refractivity contribution in [3.63, 3.8) is 0 Å². The number of aromatic nitrogens is 7. The maximum absolute atomic E-state index is 14.9. The summed E-state index contributed by atoms with van der Waals surface area (Å²) in [5, 5.41) is 5.48. The fraction of sp³-hybridized carbons (Fsp3) is 0.0800. The Bertz CT molecular complexity index is 5120. The van der Waals surface area contributed by atoms with Crippen LogP contribution in [0.1, 0.15) is 26.3 Å². The Kier molecular flexibility index (Phi) is 11.9. The summed E-state index contributed by atoms with van der Waals surface area (Å²) in [6.07, 6.45) is 0.483. The van der Waals surface area contributed by atoms with E-state index in [1.54, 1.807) is 0 Å². The van der Waals surface area contributed by atoms with Crippen LogP contribution in [0.5, 0.6) is 0 Å². The third-order valence-corrected chi connectivity index (χ3v) is 17.6. The van der Waals surface area contributed by atoms with E-state index in [4.69, 9.17) is 29.2 Å². The highest BCUT2D eigenvalue weighted by Gasteiger charge is 2.54. The molecule has 0 bridgehead atoms. The normalized spacial score (nSPS) is 15.0. The third kappa shape index (κ3) is 8.53. The largest absolute Gasteiger partial charge is 0.494 e. The summed E-state index contributed by atoms with van der Waals surface area (Å²) in [5.74, 6) is 1.17. The maximum Gasteiger partial charge on any atom is 0.494 e. The Labute approximate surface area is 495 Å². The van der Waals surface area contributed by atoms with E-state index >= 15 is 0 Å². The van der Waals surface area contributed by atoms with E-state index in [9.17, 15) is 4.79 Å². The lowest BCUT2D eigenvalue weighted by molar-refractivity contribution is -0.00856. The van der Waals surface area contributed by atoms with E-state index in [1.807, 2.05) is 97.1 Å². The standard InChI is InChI=1S/C75H54BN7O3/c1-74(2)75(3,86-76(85-74)54-37-40-69-59(43-54)56-31-17-19-34-67(56)83(69)73-80-64(49-25-12-6-13-26-49)45-65(81-73)50-27-14-7-15-28-50)46-53-29-20-32-57-70(53)77-61-38-35-51(42-60(61)71(57)84)52-36-39-68-58(41-52)55-30-16-18-33-66(55)82(68)72-78-62(47-21-8-4-9-22-47)44-63(79-72)48-23-10-5-11-24-48/h4-45H,46H2,1-3H3,(H,77,84). The van der Waals surface area contributed by atoms with E-state index in [0.717, 1.165) is 122 Å². The molecule has 1 saturated heterocycles. The highest BCUT2D eigenvalue weighted by molar-refractivity contribution is 6.62. The SMILES string of the molecule is CC1(C)OB(c2ccc3c(c2)c2ccccc2n3-c2nc(-c3ccccc3)cc(-c3ccccc3)n2)OC1(C)Cc1cccc2c(=O)c3cc(-c4ccc5c(c4)c4ccccc4n5-c4nc(-c5ccccc5)cc(-c5ccccc5)n4)ccc3[nH]c12. The lowest BCUT2D eigenvalue weighted by atomic mass is 9.78. The molecule has 1 N–H and O–H groups in total. The molecule has 10 aromatic carbocycles. The number of nitrogens with zero attached hydrogens (tertiary/aromatic N) is 6. The molecule has 1 atom stereocenters. The molecule has 5 aromatic heterocycles. The van der Waals surface area contributed by atoms with Crippen LogP contribution in [0.4, 0.5) is 0 Å². The van der Waals surface area contributed by atoms with Gasteiger partial charge < -0.3 is 14.3 Å². The smallest absolute Gasteiger partial charge is 0.399 e. The fourth-order valence-corrected chi connectivity index (χ4v) is 12.7. The predicted molar refractivity (Wildman–Crippen MR) is 349 cm³/mol. The van der Waals surface area contributed by atoms with Crippen LogP contribution < -0.4 is 10.9 Å². The first-order chi connectivity index (χ1) is 42.1. The summed E-state index contributed by atoms with van der Waals surface area (Å²) in [5.41, 5.74) is 15.1. The van der Waals surface area contributed by atoms with Crippen molar-refractivity contribution in [2.24, 2.45) is 0 Å². The lowest BCUT2D eigenvalue weighted by Gasteiger charge is -2.36. The summed E-state index contributed by atoms with van der Waals surface area (Å²) >= 11 is 0. The van der Waals surface area contributed by atoms with Crippen molar-refractivity contribution in [2.45, 2.75) is 38.4 Å². The van der Waals surface area contributed by atoms with Crippen molar-refractivity contribution in [3.8, 4) is 68.1 Å². The molecule has 0 saturated carbocycles. The van der Waals surface area contributed by atoms with E-state index in [-0.39, 0.29) is 5.43 Å². The molecule has 0 amide bonds. The summed E-state index contributed by atoms with van der Waals surface area (Å²) in [6, 6.07) is 87.0. The van der Waals surface area contributed by atoms with E-state index in [2.05, 4.69) is 193 Å². The molecule has 86 heavy (non-hydrogen) atoms. The number of nitrogens with one attached hydrogen (secondary N) is 1. The second-order valence-corrected chi connectivity index (χ2v) is 23.1. The van der Waals surface area contributed by atoms with Crippen molar-refractivity contribution in [3.05, 3.63) is 271 Å². The Morgan fingerprint density at radius 2 is 0.826 bits per heavy atom. The van der Waals surface area contributed by atoms with Crippen LogP contribution in [0.15, 0.2) is 260 Å². The first-order valence-electron chi connectivity index (χ1n) is 29.1. The van der Waals surface area contributed by atoms with Gasteiger partial charge >= 0.3 is 7.12 Å². The average molecular weight is 1110 g/mol. The molecule has 15 aromatic rings. The Morgan fingerprint density at radius 1 is 0.395 bits per heavy atom. The number of H-pyrrole nitrogens is 1. The number of benzene rings is 10. The highest BCUT2D eigenvalue weighted by Crippen LogP contribution is 2.42. The van der Waals surface area contributed by atoms with Crippen LogP contribution in [0.3, 0.4) is 0 Å². The zero-order chi connectivity index (χ0) is 57.7. The van der Waals surface area contributed by atoms with Crippen LogP contribution in [-0.4, -0.2) is 52.4 Å². The second kappa shape index (κ2) is 20.1. The first kappa shape index (κ1) is 51.1. The predicted octanol–water partition coefficient (Wildman–Crippen LogP) is 16.3. The minimum absolute atomic E-state index is 0.0355. The molecular formula is C75H54BN7O3. The topological polar surface area (TPSA) is 113 Å². The quantitative estimate of drug-likeness (QED) is 0.107. The van der Waals surface area contributed by atoms with E-state index in [1.165, 1.54) is 0 Å². The molecule has 1 unspecified atom stereocenters. The van der Waals surface area contributed by atoms with Gasteiger partial charge in [0.1, 0.15) is 0 Å². The summed E-state index contributed by atoms with van der Waals surface area (Å²) < 4.78 is 18.4. The number of pyridine rings is 1. The highest BCUT2D eigenvalue weighted by atomic mass is 16.7. The van der Waals surface area contributed by atoms with Gasteiger partial charge in [-0.2, -0.15) is 0 Å². The zero-order valence-electron chi connectivity index (χ0n) is 47.4. The number of fused-ring (bicyclic) bond motifs is 8. The van der Waals surface area contributed by atoms with Gasteiger partial charge in [-0.05, 0) is 104 Å². The molecule has 10 nitrogen and oxygen atoms in total. The van der Waals surface area contributed by atoms with Gasteiger partial charge in [-0.3, -0.25) is 13.9 Å². The molecule has 6 heterocycles. The summed E-state index contributed by atoms with van der Waals surface area (Å²) in [6.45, 7) is 6.31.